The number of anilines is 1. The quantitative estimate of drug-likeness (QED) is 0.545. The molecule has 0 heterocycles. The zero-order valence-corrected chi connectivity index (χ0v) is 17.7. The van der Waals surface area contributed by atoms with Crippen LogP contribution in [0, 0.1) is 6.92 Å². The molecule has 0 radical (unpaired) electrons. The van der Waals surface area contributed by atoms with Gasteiger partial charge in [0.2, 0.25) is 15.9 Å². The van der Waals surface area contributed by atoms with Crippen LogP contribution < -0.4 is 5.32 Å². The number of nitrogens with zero attached hydrogens (tertiary/aromatic N) is 1. The molecule has 0 unspecified atom stereocenters. The van der Waals surface area contributed by atoms with Gasteiger partial charge in [-0.15, -0.1) is 11.8 Å². The van der Waals surface area contributed by atoms with Gasteiger partial charge in [-0.1, -0.05) is 6.07 Å². The summed E-state index contributed by atoms with van der Waals surface area (Å²) >= 11 is 1.51. The summed E-state index contributed by atoms with van der Waals surface area (Å²) in [6.45, 7) is 1.31. The monoisotopic (exact) mass is 422 g/mol. The average molecular weight is 423 g/mol. The maximum absolute atomic E-state index is 12.6. The first kappa shape index (κ1) is 21.9. The first-order chi connectivity index (χ1) is 13.2. The number of ether oxygens (including phenoxy) is 1. The molecule has 0 spiro atoms. The molecule has 9 heteroatoms. The van der Waals surface area contributed by atoms with Gasteiger partial charge in [0, 0.05) is 17.6 Å². The molecule has 1 N–H and O–H groups in total. The van der Waals surface area contributed by atoms with Crippen molar-refractivity contribution in [1.29, 1.82) is 0 Å². The van der Waals surface area contributed by atoms with Crippen LogP contribution in [0.4, 0.5) is 5.69 Å². The Morgan fingerprint density at radius 1 is 1.14 bits per heavy atom. The maximum Gasteiger partial charge on any atom is 0.338 e. The predicted octanol–water partition coefficient (Wildman–Crippen LogP) is 2.76. The van der Waals surface area contributed by atoms with Crippen LogP contribution in [0.25, 0.3) is 0 Å². The van der Waals surface area contributed by atoms with Crippen molar-refractivity contribution in [1.82, 2.24) is 4.31 Å². The van der Waals surface area contributed by atoms with Crippen molar-refractivity contribution in [3.05, 3.63) is 53.6 Å². The fourth-order valence-corrected chi connectivity index (χ4v) is 4.04. The van der Waals surface area contributed by atoms with E-state index in [1.54, 1.807) is 37.3 Å². The van der Waals surface area contributed by atoms with Crippen molar-refractivity contribution >= 4 is 39.3 Å². The molecule has 0 atom stereocenters. The second kappa shape index (κ2) is 9.22. The summed E-state index contributed by atoms with van der Waals surface area (Å²) in [6, 6.07) is 11.3. The third-order valence-corrected chi connectivity index (χ3v) is 6.71. The Morgan fingerprint density at radius 3 is 2.36 bits per heavy atom. The molecule has 2 aromatic rings. The molecule has 7 nitrogen and oxygen atoms in total. The summed E-state index contributed by atoms with van der Waals surface area (Å²) in [5.74, 6) is -1.03. The van der Waals surface area contributed by atoms with Gasteiger partial charge in [0.25, 0.3) is 0 Å². The Balaban J connectivity index is 2.13. The number of sulfonamides is 1. The van der Waals surface area contributed by atoms with E-state index < -0.39 is 21.9 Å². The maximum atomic E-state index is 12.6. The molecule has 0 bridgehead atoms. The van der Waals surface area contributed by atoms with Gasteiger partial charge >= 0.3 is 5.97 Å². The van der Waals surface area contributed by atoms with E-state index in [-0.39, 0.29) is 11.4 Å². The highest BCUT2D eigenvalue weighted by atomic mass is 32.2. The smallest absolute Gasteiger partial charge is 0.338 e. The van der Waals surface area contributed by atoms with Gasteiger partial charge in [-0.25, -0.2) is 13.2 Å². The highest BCUT2D eigenvalue weighted by Gasteiger charge is 2.23. The predicted molar refractivity (Wildman–Crippen MR) is 109 cm³/mol. The number of carbonyl (C=O) groups is 2. The molecule has 0 aliphatic rings. The molecule has 0 fully saturated rings. The van der Waals surface area contributed by atoms with E-state index in [1.807, 2.05) is 6.26 Å². The van der Waals surface area contributed by atoms with Crippen LogP contribution in [-0.4, -0.2) is 51.6 Å². The molecule has 28 heavy (non-hydrogen) atoms. The Morgan fingerprint density at radius 2 is 1.79 bits per heavy atom. The number of benzene rings is 2. The molecular weight excluding hydrogens is 400 g/mol. The van der Waals surface area contributed by atoms with Crippen LogP contribution >= 0.6 is 11.8 Å². The van der Waals surface area contributed by atoms with E-state index in [4.69, 9.17) is 4.74 Å². The number of hydrogen-bond donors (Lipinski definition) is 1. The summed E-state index contributed by atoms with van der Waals surface area (Å²) in [5, 5.41) is 2.65. The Bertz CT molecular complexity index is 972. The summed E-state index contributed by atoms with van der Waals surface area (Å²) in [4.78, 5) is 25.2. The van der Waals surface area contributed by atoms with E-state index >= 15 is 0 Å². The van der Waals surface area contributed by atoms with E-state index in [0.29, 0.717) is 16.8 Å². The molecule has 0 aliphatic heterocycles. The third-order valence-electron chi connectivity index (χ3n) is 4.15. The van der Waals surface area contributed by atoms with Crippen LogP contribution in [-0.2, 0) is 19.6 Å². The van der Waals surface area contributed by atoms with Gasteiger partial charge in [0.1, 0.15) is 0 Å². The second-order valence-corrected chi connectivity index (χ2v) is 8.88. The lowest BCUT2D eigenvalue weighted by atomic mass is 10.1. The molecular formula is C19H22N2O5S2. The van der Waals surface area contributed by atoms with E-state index in [9.17, 15) is 18.0 Å². The van der Waals surface area contributed by atoms with Gasteiger partial charge in [-0.05, 0) is 55.1 Å². The summed E-state index contributed by atoms with van der Waals surface area (Å²) in [6.07, 6.45) is 1.90. The number of methoxy groups -OCH3 is 1. The average Bonchev–Trinajstić information content (AvgIpc) is 2.68. The molecule has 0 saturated heterocycles. The minimum Gasteiger partial charge on any atom is -0.465 e. The van der Waals surface area contributed by atoms with Gasteiger partial charge < -0.3 is 10.1 Å². The molecule has 2 aromatic carbocycles. The first-order valence-corrected chi connectivity index (χ1v) is 11.0. The van der Waals surface area contributed by atoms with Crippen molar-refractivity contribution in [2.24, 2.45) is 0 Å². The summed E-state index contributed by atoms with van der Waals surface area (Å²) < 4.78 is 31.0. The van der Waals surface area contributed by atoms with Crippen LogP contribution in [0.2, 0.25) is 0 Å². The zero-order chi connectivity index (χ0) is 20.9. The number of rotatable bonds is 7. The largest absolute Gasteiger partial charge is 0.465 e. The Kier molecular flexibility index (Phi) is 7.22. The van der Waals surface area contributed by atoms with Crippen LogP contribution in [0.1, 0.15) is 15.9 Å². The number of hydrogen-bond acceptors (Lipinski definition) is 6. The molecule has 0 aliphatic carbocycles. The van der Waals surface area contributed by atoms with E-state index in [0.717, 1.165) is 9.20 Å². The molecule has 0 aromatic heterocycles. The normalized spacial score (nSPS) is 11.3. The van der Waals surface area contributed by atoms with Crippen molar-refractivity contribution in [2.75, 3.05) is 32.3 Å². The van der Waals surface area contributed by atoms with E-state index in [1.165, 1.54) is 38.1 Å². The fraction of sp³-hybridized carbons (Fsp3) is 0.263. The van der Waals surface area contributed by atoms with Crippen LogP contribution in [0.15, 0.2) is 52.3 Å². The van der Waals surface area contributed by atoms with Crippen molar-refractivity contribution in [3.63, 3.8) is 0 Å². The van der Waals surface area contributed by atoms with Crippen LogP contribution in [0.3, 0.4) is 0 Å². The lowest BCUT2D eigenvalue weighted by Crippen LogP contribution is -2.35. The SMILES string of the molecule is COC(=O)c1cccc(NC(=O)CN(C)S(=O)(=O)c2ccc(SC)cc2)c1C. The van der Waals surface area contributed by atoms with Crippen molar-refractivity contribution < 1.29 is 22.7 Å². The van der Waals surface area contributed by atoms with Crippen LogP contribution in [0.5, 0.6) is 0 Å². The molecule has 2 rings (SSSR count). The minimum absolute atomic E-state index is 0.115. The number of esters is 1. The van der Waals surface area contributed by atoms with Gasteiger partial charge in [-0.3, -0.25) is 4.79 Å². The summed E-state index contributed by atoms with van der Waals surface area (Å²) in [5.41, 5.74) is 1.29. The van der Waals surface area contributed by atoms with Crippen molar-refractivity contribution in [2.45, 2.75) is 16.7 Å². The highest BCUT2D eigenvalue weighted by Crippen LogP contribution is 2.21. The summed E-state index contributed by atoms with van der Waals surface area (Å²) in [7, 11) is -1.18. The van der Waals surface area contributed by atoms with Gasteiger partial charge in [-0.2, -0.15) is 4.31 Å². The molecule has 1 amide bonds. The topological polar surface area (TPSA) is 92.8 Å². The zero-order valence-electron chi connectivity index (χ0n) is 16.1. The van der Waals surface area contributed by atoms with Gasteiger partial charge in [0.15, 0.2) is 0 Å². The van der Waals surface area contributed by atoms with Crippen molar-refractivity contribution in [3.8, 4) is 0 Å². The lowest BCUT2D eigenvalue weighted by Gasteiger charge is -2.18. The number of carbonyl (C=O) groups excluding carboxylic acids is 2. The fourth-order valence-electron chi connectivity index (χ4n) is 2.51. The Labute approximate surface area is 169 Å². The van der Waals surface area contributed by atoms with Gasteiger partial charge in [0.05, 0.1) is 24.1 Å². The second-order valence-electron chi connectivity index (χ2n) is 5.95. The molecule has 150 valence electrons. The minimum atomic E-state index is -3.80. The molecule has 0 saturated carbocycles. The number of nitrogens with one attached hydrogen (secondary N) is 1. The number of thioether (sulfide) groups is 1. The Hall–Kier alpha value is -2.36. The highest BCUT2D eigenvalue weighted by molar-refractivity contribution is 7.98. The third kappa shape index (κ3) is 4.92. The lowest BCUT2D eigenvalue weighted by molar-refractivity contribution is -0.116. The number of likely N-dealkylation sites (N-methyl/N-ethyl adjacent to an activating group) is 1. The van der Waals surface area contributed by atoms with E-state index in [2.05, 4.69) is 5.32 Å². The standard InChI is InChI=1S/C19H22N2O5S2/c1-13-16(19(23)26-3)6-5-7-17(13)20-18(22)12-21(2)28(24,25)15-10-8-14(27-4)9-11-15/h5-11H,12H2,1-4H3,(H,20,22). The number of amides is 1. The first-order valence-electron chi connectivity index (χ1n) is 8.29.